The molecule has 0 amide bonds. The number of nitrogens with one attached hydrogen (secondary N) is 1. The van der Waals surface area contributed by atoms with Gasteiger partial charge in [-0.15, -0.1) is 5.10 Å². The van der Waals surface area contributed by atoms with Gasteiger partial charge in [-0.1, -0.05) is 23.9 Å². The summed E-state index contributed by atoms with van der Waals surface area (Å²) >= 11 is 1.38. The largest absolute Gasteiger partial charge is 0.496 e. The van der Waals surface area contributed by atoms with Crippen molar-refractivity contribution in [1.82, 2.24) is 0 Å². The van der Waals surface area contributed by atoms with Crippen LogP contribution in [0.5, 0.6) is 5.75 Å². The standard InChI is InChI=1S/C10H13N3OS/c1-14-9-6-4-3-5-8(9)7-12-13-10(11)15-2/h3-7H,1-2H3,(H2,11,13)/p+1. The highest BCUT2D eigenvalue weighted by Crippen LogP contribution is 2.13. The van der Waals surface area contributed by atoms with Crippen LogP contribution < -0.4 is 15.6 Å². The van der Waals surface area contributed by atoms with Gasteiger partial charge in [-0.05, 0) is 18.4 Å². The first-order chi connectivity index (χ1) is 7.27. The van der Waals surface area contributed by atoms with Crippen molar-refractivity contribution in [1.29, 1.82) is 0 Å². The zero-order chi connectivity index (χ0) is 11.1. The van der Waals surface area contributed by atoms with E-state index in [2.05, 4.69) is 10.2 Å². The van der Waals surface area contributed by atoms with Crippen LogP contribution in [-0.2, 0) is 0 Å². The number of hydrogen-bond donors (Lipinski definition) is 2. The van der Waals surface area contributed by atoms with Crippen LogP contribution in [0.2, 0.25) is 0 Å². The number of amidine groups is 1. The minimum absolute atomic E-state index is 0.487. The highest BCUT2D eigenvalue weighted by atomic mass is 32.2. The first-order valence-electron chi connectivity index (χ1n) is 4.37. The lowest BCUT2D eigenvalue weighted by atomic mass is 10.2. The van der Waals surface area contributed by atoms with E-state index in [4.69, 9.17) is 10.5 Å². The molecule has 0 saturated heterocycles. The number of methoxy groups -OCH3 is 1. The molecule has 0 fully saturated rings. The lowest BCUT2D eigenvalue weighted by Gasteiger charge is -1.99. The molecule has 0 saturated carbocycles. The number of nitrogens with zero attached hydrogens (tertiary/aromatic N) is 1. The number of hydrazone groups is 1. The third kappa shape index (κ3) is 3.63. The number of benzene rings is 1. The van der Waals surface area contributed by atoms with Crippen molar-refractivity contribution in [2.24, 2.45) is 10.8 Å². The summed E-state index contributed by atoms with van der Waals surface area (Å²) in [6, 6.07) is 7.65. The smallest absolute Gasteiger partial charge is 0.225 e. The Labute approximate surface area is 93.2 Å². The number of ether oxygens (including phenoxy) is 1. The van der Waals surface area contributed by atoms with Crippen LogP contribution >= 0.6 is 11.8 Å². The Bertz CT molecular complexity index is 377. The third-order valence-corrected chi connectivity index (χ3v) is 2.25. The number of nitrogens with two attached hydrogens (primary N) is 1. The van der Waals surface area contributed by atoms with Gasteiger partial charge in [0.2, 0.25) is 11.4 Å². The van der Waals surface area contributed by atoms with Gasteiger partial charge in [-0.2, -0.15) is 0 Å². The number of para-hydroxylation sites is 1. The Morgan fingerprint density at radius 1 is 1.53 bits per heavy atom. The summed E-state index contributed by atoms with van der Waals surface area (Å²) in [7, 11) is 1.63. The molecule has 1 rings (SSSR count). The molecule has 0 unspecified atom stereocenters. The Balaban J connectivity index is 2.80. The SMILES string of the molecule is COc1ccccc1C=[NH+]N=C(N)SC. The molecule has 1 aromatic rings. The summed E-state index contributed by atoms with van der Waals surface area (Å²) in [5, 5.41) is 7.16. The van der Waals surface area contributed by atoms with Crippen molar-refractivity contribution in [2.75, 3.05) is 13.4 Å². The minimum Gasteiger partial charge on any atom is -0.496 e. The molecule has 0 spiro atoms. The molecule has 1 aromatic carbocycles. The maximum atomic E-state index is 5.51. The Kier molecular flexibility index (Phi) is 4.70. The van der Waals surface area contributed by atoms with Gasteiger partial charge in [0.15, 0.2) is 0 Å². The van der Waals surface area contributed by atoms with Crippen LogP contribution in [0.1, 0.15) is 5.56 Å². The topological polar surface area (TPSA) is 61.6 Å². The van der Waals surface area contributed by atoms with Gasteiger partial charge < -0.3 is 10.5 Å². The predicted molar refractivity (Wildman–Crippen MR) is 64.3 cm³/mol. The van der Waals surface area contributed by atoms with Crippen LogP contribution in [0.25, 0.3) is 0 Å². The first kappa shape index (κ1) is 11.6. The molecular weight excluding hydrogens is 210 g/mol. The van der Waals surface area contributed by atoms with Gasteiger partial charge in [0.1, 0.15) is 5.75 Å². The molecule has 0 heterocycles. The van der Waals surface area contributed by atoms with E-state index < -0.39 is 0 Å². The molecule has 0 aliphatic rings. The second kappa shape index (κ2) is 6.08. The molecule has 0 radical (unpaired) electrons. The minimum atomic E-state index is 0.487. The van der Waals surface area contributed by atoms with Crippen molar-refractivity contribution in [3.8, 4) is 5.75 Å². The number of hydrogen-bond acceptors (Lipinski definition) is 3. The van der Waals surface area contributed by atoms with Crippen molar-refractivity contribution < 1.29 is 9.84 Å². The van der Waals surface area contributed by atoms with Crippen molar-refractivity contribution in [2.45, 2.75) is 0 Å². The van der Waals surface area contributed by atoms with E-state index in [-0.39, 0.29) is 0 Å². The van der Waals surface area contributed by atoms with Gasteiger partial charge in [0, 0.05) is 5.10 Å². The van der Waals surface area contributed by atoms with E-state index >= 15 is 0 Å². The lowest BCUT2D eigenvalue weighted by Crippen LogP contribution is -2.62. The van der Waals surface area contributed by atoms with Crippen LogP contribution in [-0.4, -0.2) is 24.7 Å². The number of thioether (sulfide) groups is 1. The Morgan fingerprint density at radius 2 is 2.27 bits per heavy atom. The zero-order valence-corrected chi connectivity index (χ0v) is 9.54. The average molecular weight is 224 g/mol. The van der Waals surface area contributed by atoms with Gasteiger partial charge in [0.05, 0.1) is 12.7 Å². The molecular formula is C10H14N3OS+. The fourth-order valence-corrected chi connectivity index (χ4v) is 1.14. The normalized spacial score (nSPS) is 12.0. The van der Waals surface area contributed by atoms with Crippen molar-refractivity contribution in [3.05, 3.63) is 29.8 Å². The first-order valence-corrected chi connectivity index (χ1v) is 5.59. The van der Waals surface area contributed by atoms with Gasteiger partial charge in [-0.3, -0.25) is 0 Å². The van der Waals surface area contributed by atoms with Gasteiger partial charge in [0.25, 0.3) is 0 Å². The Hall–Kier alpha value is -1.49. The van der Waals surface area contributed by atoms with E-state index in [1.807, 2.05) is 30.5 Å². The second-order valence-electron chi connectivity index (χ2n) is 2.67. The van der Waals surface area contributed by atoms with Gasteiger partial charge in [-0.25, -0.2) is 0 Å². The van der Waals surface area contributed by atoms with Crippen LogP contribution in [0.15, 0.2) is 29.4 Å². The highest BCUT2D eigenvalue weighted by molar-refractivity contribution is 8.13. The monoisotopic (exact) mass is 224 g/mol. The molecule has 4 nitrogen and oxygen atoms in total. The molecule has 3 N–H and O–H groups in total. The summed E-state index contributed by atoms with van der Waals surface area (Å²) in [4.78, 5) is 0. The summed E-state index contributed by atoms with van der Waals surface area (Å²) < 4.78 is 5.17. The van der Waals surface area contributed by atoms with E-state index in [0.29, 0.717) is 5.17 Å². The molecule has 0 aromatic heterocycles. The van der Waals surface area contributed by atoms with E-state index in [1.165, 1.54) is 11.8 Å². The molecule has 15 heavy (non-hydrogen) atoms. The van der Waals surface area contributed by atoms with E-state index in [1.54, 1.807) is 13.3 Å². The van der Waals surface area contributed by atoms with E-state index in [0.717, 1.165) is 11.3 Å². The molecule has 0 atom stereocenters. The fourth-order valence-electron chi connectivity index (χ4n) is 0.997. The quantitative estimate of drug-likeness (QED) is 0.424. The van der Waals surface area contributed by atoms with Gasteiger partial charge >= 0.3 is 0 Å². The lowest BCUT2D eigenvalue weighted by molar-refractivity contribution is -0.456. The van der Waals surface area contributed by atoms with Crippen LogP contribution in [0, 0.1) is 0 Å². The van der Waals surface area contributed by atoms with E-state index in [9.17, 15) is 0 Å². The Morgan fingerprint density at radius 3 is 2.93 bits per heavy atom. The number of rotatable bonds is 3. The zero-order valence-electron chi connectivity index (χ0n) is 8.73. The fraction of sp³-hybridized carbons (Fsp3) is 0.200. The maximum Gasteiger partial charge on any atom is 0.225 e. The molecule has 0 aliphatic carbocycles. The second-order valence-corrected chi connectivity index (χ2v) is 3.50. The van der Waals surface area contributed by atoms with Crippen molar-refractivity contribution in [3.63, 3.8) is 0 Å². The highest BCUT2D eigenvalue weighted by Gasteiger charge is 2.00. The summed E-state index contributed by atoms with van der Waals surface area (Å²) in [6.45, 7) is 0. The molecule has 5 heteroatoms. The predicted octanol–water partition coefficient (Wildman–Crippen LogP) is -0.213. The molecule has 0 bridgehead atoms. The summed E-state index contributed by atoms with van der Waals surface area (Å²) in [5.74, 6) is 0.794. The van der Waals surface area contributed by atoms with Crippen LogP contribution in [0.4, 0.5) is 0 Å². The maximum absolute atomic E-state index is 5.51. The van der Waals surface area contributed by atoms with Crippen molar-refractivity contribution >= 4 is 23.1 Å². The molecule has 80 valence electrons. The molecule has 0 aliphatic heterocycles. The average Bonchev–Trinajstić information content (AvgIpc) is 2.29. The summed E-state index contributed by atoms with van der Waals surface area (Å²) in [6.07, 6.45) is 3.60. The van der Waals surface area contributed by atoms with Crippen LogP contribution in [0.3, 0.4) is 0 Å². The summed E-state index contributed by atoms with van der Waals surface area (Å²) in [5.41, 5.74) is 6.44. The third-order valence-electron chi connectivity index (χ3n) is 1.74.